The average Bonchev–Trinajstić information content (AvgIpc) is 2.58. The Hall–Kier alpha value is -1.51. The van der Waals surface area contributed by atoms with Gasteiger partial charge in [0.2, 0.25) is 0 Å². The quantitative estimate of drug-likeness (QED) is 0.311. The predicted molar refractivity (Wildman–Crippen MR) is 62.3 cm³/mol. The summed E-state index contributed by atoms with van der Waals surface area (Å²) in [6.45, 7) is -2.60. The minimum atomic E-state index is -9.14. The summed E-state index contributed by atoms with van der Waals surface area (Å²) in [5.41, 5.74) is -7.19. The maximum absolute atomic E-state index is 13.7. The van der Waals surface area contributed by atoms with Gasteiger partial charge in [0.25, 0.3) is 5.67 Å². The van der Waals surface area contributed by atoms with Gasteiger partial charge in [-0.3, -0.25) is 0 Å². The van der Waals surface area contributed by atoms with Crippen molar-refractivity contribution in [2.45, 2.75) is 65.9 Å². The first kappa shape index (κ1) is 32.5. The molecule has 34 heavy (non-hydrogen) atoms. The van der Waals surface area contributed by atoms with E-state index in [2.05, 4.69) is 0 Å². The molecule has 0 saturated carbocycles. The molecule has 0 fully saturated rings. The molecule has 1 N–H and O–H groups in total. The summed E-state index contributed by atoms with van der Waals surface area (Å²) >= 11 is 0. The number of aliphatic hydroxyl groups excluding tert-OH is 1. The Labute approximate surface area is 171 Å². The van der Waals surface area contributed by atoms with E-state index in [4.69, 9.17) is 5.11 Å². The van der Waals surface area contributed by atoms with Crippen molar-refractivity contribution < 1.29 is 97.3 Å². The first-order valence-electron chi connectivity index (χ1n) is 7.39. The van der Waals surface area contributed by atoms with Gasteiger partial charge < -0.3 is 5.11 Å². The molecule has 0 bridgehead atoms. The predicted octanol–water partition coefficient (Wildman–Crippen LogP) is 6.65. The van der Waals surface area contributed by atoms with E-state index >= 15 is 0 Å². The van der Waals surface area contributed by atoms with Crippen LogP contribution in [0.3, 0.4) is 0 Å². The topological polar surface area (TPSA) is 20.2 Å². The lowest BCUT2D eigenvalue weighted by Gasteiger charge is -2.45. The van der Waals surface area contributed by atoms with Crippen LogP contribution in [-0.4, -0.2) is 71.2 Å². The van der Waals surface area contributed by atoms with E-state index in [-0.39, 0.29) is 0 Å². The molecular formula is C12H5F21O. The lowest BCUT2D eigenvalue weighted by Crippen LogP contribution is -2.77. The van der Waals surface area contributed by atoms with Crippen LogP contribution in [0.1, 0.15) is 6.42 Å². The number of rotatable bonds is 9. The molecular weight excluding hydrogens is 559 g/mol. The number of aliphatic hydroxyl groups is 1. The molecule has 0 aromatic carbocycles. The standard InChI is InChI=1S/C12H5F21O/c13-3(1-2-34,11(28,29)30)4(14,15)5(16,17)6(18,19)7(20,21)8(22,23)9(24,25)10(26,27)12(31,32)33/h34H,1-2H2. The molecule has 0 amide bonds. The summed E-state index contributed by atoms with van der Waals surface area (Å²) in [4.78, 5) is 0. The van der Waals surface area contributed by atoms with Gasteiger partial charge in [0.1, 0.15) is 0 Å². The summed E-state index contributed by atoms with van der Waals surface area (Å²) in [6.07, 6.45) is -18.9. The molecule has 1 atom stereocenters. The summed E-state index contributed by atoms with van der Waals surface area (Å²) in [5.74, 6) is -61.8. The minimum absolute atomic E-state index is 2.60. The first-order valence-corrected chi connectivity index (χ1v) is 7.39. The van der Waals surface area contributed by atoms with Gasteiger partial charge in [-0.2, -0.15) is 87.8 Å². The van der Waals surface area contributed by atoms with Gasteiger partial charge in [-0.05, 0) is 0 Å². The second-order valence-electron chi connectivity index (χ2n) is 6.29. The molecule has 0 radical (unpaired) electrons. The van der Waals surface area contributed by atoms with Crippen LogP contribution < -0.4 is 0 Å². The third-order valence-electron chi connectivity index (χ3n) is 4.13. The summed E-state index contributed by atoms with van der Waals surface area (Å²) < 4.78 is 272. The van der Waals surface area contributed by atoms with Crippen molar-refractivity contribution in [1.29, 1.82) is 0 Å². The van der Waals surface area contributed by atoms with E-state index in [1.807, 2.05) is 0 Å². The first-order chi connectivity index (χ1) is 14.3. The Balaban J connectivity index is 7.13. The molecule has 0 rings (SSSR count). The van der Waals surface area contributed by atoms with Gasteiger partial charge in [0.05, 0.1) is 0 Å². The fraction of sp³-hybridized carbons (Fsp3) is 1.00. The lowest BCUT2D eigenvalue weighted by molar-refractivity contribution is -0.471. The van der Waals surface area contributed by atoms with E-state index in [1.54, 1.807) is 0 Å². The number of hydrogen-bond donors (Lipinski definition) is 1. The van der Waals surface area contributed by atoms with Crippen LogP contribution in [0, 0.1) is 0 Å². The normalized spacial score (nSPS) is 18.2. The number of halogens is 21. The third kappa shape index (κ3) is 3.80. The smallest absolute Gasteiger partial charge is 0.396 e. The summed E-state index contributed by atoms with van der Waals surface area (Å²) in [5, 5.41) is 8.10. The Morgan fingerprint density at radius 2 is 0.559 bits per heavy atom. The van der Waals surface area contributed by atoms with E-state index in [0.29, 0.717) is 0 Å². The van der Waals surface area contributed by atoms with E-state index in [0.717, 1.165) is 0 Å². The third-order valence-corrected chi connectivity index (χ3v) is 4.13. The van der Waals surface area contributed by atoms with Crippen LogP contribution >= 0.6 is 0 Å². The molecule has 0 aliphatic rings. The summed E-state index contributed by atoms with van der Waals surface area (Å²) in [6, 6.07) is 0. The van der Waals surface area contributed by atoms with Gasteiger partial charge in [0, 0.05) is 13.0 Å². The highest BCUT2D eigenvalue weighted by molar-refractivity contribution is 5.18. The Kier molecular flexibility index (Phi) is 7.65. The van der Waals surface area contributed by atoms with Crippen molar-refractivity contribution in [2.24, 2.45) is 0 Å². The van der Waals surface area contributed by atoms with Crippen molar-refractivity contribution in [3.05, 3.63) is 0 Å². The van der Waals surface area contributed by atoms with Crippen LogP contribution in [0.5, 0.6) is 0 Å². The monoisotopic (exact) mass is 564 g/mol. The van der Waals surface area contributed by atoms with Gasteiger partial charge in [-0.15, -0.1) is 0 Å². The van der Waals surface area contributed by atoms with Gasteiger partial charge >= 0.3 is 53.8 Å². The van der Waals surface area contributed by atoms with Crippen LogP contribution in [0.2, 0.25) is 0 Å². The Bertz CT molecular complexity index is 729. The second-order valence-corrected chi connectivity index (χ2v) is 6.29. The zero-order chi connectivity index (χ0) is 28.4. The van der Waals surface area contributed by atoms with Crippen LogP contribution in [0.4, 0.5) is 92.2 Å². The molecule has 206 valence electrons. The molecule has 0 aromatic rings. The molecule has 1 nitrogen and oxygen atoms in total. The largest absolute Gasteiger partial charge is 0.460 e. The molecule has 1 unspecified atom stereocenters. The highest BCUT2D eigenvalue weighted by Gasteiger charge is 2.97. The van der Waals surface area contributed by atoms with Crippen LogP contribution in [-0.2, 0) is 0 Å². The molecule has 22 heteroatoms. The second kappa shape index (κ2) is 8.00. The SMILES string of the molecule is OCCC(F)(C(F)(F)F)C(F)(F)C(F)(F)C(F)(F)C(F)(F)C(F)(F)C(F)(F)C(F)(F)C(F)(F)F. The van der Waals surface area contributed by atoms with Crippen molar-refractivity contribution >= 4 is 0 Å². The maximum Gasteiger partial charge on any atom is 0.460 e. The van der Waals surface area contributed by atoms with Crippen LogP contribution in [0.15, 0.2) is 0 Å². The van der Waals surface area contributed by atoms with Crippen LogP contribution in [0.25, 0.3) is 0 Å². The van der Waals surface area contributed by atoms with E-state index in [1.165, 1.54) is 0 Å². The highest BCUT2D eigenvalue weighted by atomic mass is 19.4. The van der Waals surface area contributed by atoms with Gasteiger partial charge in [-0.1, -0.05) is 0 Å². The Morgan fingerprint density at radius 1 is 0.324 bits per heavy atom. The van der Waals surface area contributed by atoms with Crippen molar-refractivity contribution in [3.63, 3.8) is 0 Å². The molecule has 0 spiro atoms. The molecule has 0 aliphatic carbocycles. The number of hydrogen-bond acceptors (Lipinski definition) is 1. The Morgan fingerprint density at radius 3 is 0.765 bits per heavy atom. The minimum Gasteiger partial charge on any atom is -0.396 e. The lowest BCUT2D eigenvalue weighted by atomic mass is 9.82. The molecule has 0 aromatic heterocycles. The maximum atomic E-state index is 13.7. The van der Waals surface area contributed by atoms with Crippen molar-refractivity contribution in [2.75, 3.05) is 6.61 Å². The van der Waals surface area contributed by atoms with Crippen molar-refractivity contribution in [1.82, 2.24) is 0 Å². The zero-order valence-electron chi connectivity index (χ0n) is 14.8. The molecule has 0 aliphatic heterocycles. The fourth-order valence-corrected chi connectivity index (χ4v) is 2.04. The molecule has 0 saturated heterocycles. The van der Waals surface area contributed by atoms with E-state index < -0.39 is 72.5 Å². The van der Waals surface area contributed by atoms with Gasteiger partial charge in [-0.25, -0.2) is 4.39 Å². The summed E-state index contributed by atoms with van der Waals surface area (Å²) in [7, 11) is 0. The number of alkyl halides is 21. The highest BCUT2D eigenvalue weighted by Crippen LogP contribution is 2.66. The fourth-order valence-electron chi connectivity index (χ4n) is 2.04. The van der Waals surface area contributed by atoms with Crippen molar-refractivity contribution in [3.8, 4) is 0 Å². The average molecular weight is 564 g/mol. The van der Waals surface area contributed by atoms with E-state index in [9.17, 15) is 92.2 Å². The zero-order valence-corrected chi connectivity index (χ0v) is 14.8. The van der Waals surface area contributed by atoms with Gasteiger partial charge in [0.15, 0.2) is 0 Å². The molecule has 0 heterocycles.